The van der Waals surface area contributed by atoms with E-state index in [4.69, 9.17) is 5.73 Å². The summed E-state index contributed by atoms with van der Waals surface area (Å²) >= 11 is 0. The van der Waals surface area contributed by atoms with Gasteiger partial charge in [0.25, 0.3) is 0 Å². The maximum absolute atomic E-state index is 12.2. The second-order valence-corrected chi connectivity index (χ2v) is 7.57. The topological polar surface area (TPSA) is 80.4 Å². The van der Waals surface area contributed by atoms with E-state index in [0.29, 0.717) is 19.1 Å². The maximum Gasteiger partial charge on any atom is 0.242 e. The molecule has 0 bridgehead atoms. The molecule has 0 amide bonds. The summed E-state index contributed by atoms with van der Waals surface area (Å²) in [6.45, 7) is 1.50. The standard InChI is InChI=1S/C14H26N4O2S/c1-17(12-5-3-4-6-12)8-7-16-21(19,20)14-9-13(10-15)18(2)11-14/h9,11-12,16H,3-8,10,15H2,1-2H3. The lowest BCUT2D eigenvalue weighted by atomic mass is 10.2. The van der Waals surface area contributed by atoms with Crippen LogP contribution in [0.4, 0.5) is 0 Å². The molecule has 0 saturated heterocycles. The minimum absolute atomic E-state index is 0.286. The summed E-state index contributed by atoms with van der Waals surface area (Å²) in [4.78, 5) is 2.54. The second-order valence-electron chi connectivity index (χ2n) is 5.80. The minimum Gasteiger partial charge on any atom is -0.352 e. The number of hydrogen-bond acceptors (Lipinski definition) is 4. The van der Waals surface area contributed by atoms with Gasteiger partial charge in [0, 0.05) is 44.6 Å². The van der Waals surface area contributed by atoms with E-state index in [1.807, 2.05) is 0 Å². The van der Waals surface area contributed by atoms with Crippen LogP contribution < -0.4 is 10.5 Å². The first kappa shape index (κ1) is 16.5. The Morgan fingerprint density at radius 1 is 1.43 bits per heavy atom. The zero-order valence-corrected chi connectivity index (χ0v) is 13.7. The fraction of sp³-hybridized carbons (Fsp3) is 0.714. The van der Waals surface area contributed by atoms with E-state index in [9.17, 15) is 8.42 Å². The summed E-state index contributed by atoms with van der Waals surface area (Å²) in [5.74, 6) is 0. The molecule has 0 atom stereocenters. The Kier molecular flexibility index (Phi) is 5.43. The quantitative estimate of drug-likeness (QED) is 0.774. The average molecular weight is 314 g/mol. The molecule has 7 heteroatoms. The van der Waals surface area contributed by atoms with Crippen molar-refractivity contribution in [3.8, 4) is 0 Å². The summed E-state index contributed by atoms with van der Waals surface area (Å²) < 4.78 is 28.9. The molecule has 1 aliphatic carbocycles. The highest BCUT2D eigenvalue weighted by Gasteiger charge is 2.21. The third-order valence-electron chi connectivity index (χ3n) is 4.31. The molecule has 1 aromatic heterocycles. The van der Waals surface area contributed by atoms with Crippen molar-refractivity contribution < 1.29 is 8.42 Å². The van der Waals surface area contributed by atoms with E-state index in [1.165, 1.54) is 25.7 Å². The van der Waals surface area contributed by atoms with Gasteiger partial charge in [0.1, 0.15) is 0 Å². The summed E-state index contributed by atoms with van der Waals surface area (Å²) in [5.41, 5.74) is 6.38. The van der Waals surface area contributed by atoms with Gasteiger partial charge in [-0.1, -0.05) is 12.8 Å². The molecule has 2 rings (SSSR count). The molecule has 1 aliphatic rings. The molecule has 1 fully saturated rings. The largest absolute Gasteiger partial charge is 0.352 e. The zero-order valence-electron chi connectivity index (χ0n) is 12.9. The molecule has 0 unspecified atom stereocenters. The molecule has 0 aromatic carbocycles. The highest BCUT2D eigenvalue weighted by Crippen LogP contribution is 2.22. The Balaban J connectivity index is 1.88. The Morgan fingerprint density at radius 3 is 2.67 bits per heavy atom. The SMILES string of the molecule is CN(CCNS(=O)(=O)c1cc(CN)n(C)c1)C1CCCC1. The molecule has 1 heterocycles. The lowest BCUT2D eigenvalue weighted by Crippen LogP contribution is -2.37. The van der Waals surface area contributed by atoms with E-state index >= 15 is 0 Å². The van der Waals surface area contributed by atoms with Crippen LogP contribution in [0.1, 0.15) is 31.4 Å². The van der Waals surface area contributed by atoms with Crippen molar-refractivity contribution in [2.24, 2.45) is 12.8 Å². The van der Waals surface area contributed by atoms with Crippen molar-refractivity contribution in [3.05, 3.63) is 18.0 Å². The predicted molar refractivity (Wildman–Crippen MR) is 83.4 cm³/mol. The van der Waals surface area contributed by atoms with Gasteiger partial charge in [0.05, 0.1) is 4.90 Å². The van der Waals surface area contributed by atoms with E-state index in [1.54, 1.807) is 23.9 Å². The first-order chi connectivity index (χ1) is 9.94. The Bertz CT molecular complexity index is 562. The van der Waals surface area contributed by atoms with Crippen LogP contribution in [-0.2, 0) is 23.6 Å². The number of nitrogens with zero attached hydrogens (tertiary/aromatic N) is 2. The number of aromatic nitrogens is 1. The van der Waals surface area contributed by atoms with Gasteiger partial charge in [0.15, 0.2) is 0 Å². The van der Waals surface area contributed by atoms with Gasteiger partial charge in [-0.05, 0) is 26.0 Å². The summed E-state index contributed by atoms with van der Waals surface area (Å²) in [5, 5.41) is 0. The van der Waals surface area contributed by atoms with E-state index in [-0.39, 0.29) is 4.90 Å². The van der Waals surface area contributed by atoms with Crippen LogP contribution in [0.2, 0.25) is 0 Å². The van der Waals surface area contributed by atoms with Crippen molar-refractivity contribution in [2.45, 2.75) is 43.2 Å². The molecule has 0 radical (unpaired) electrons. The van der Waals surface area contributed by atoms with Crippen molar-refractivity contribution in [1.82, 2.24) is 14.2 Å². The maximum atomic E-state index is 12.2. The summed E-state index contributed by atoms with van der Waals surface area (Å²) in [6, 6.07) is 2.23. The van der Waals surface area contributed by atoms with E-state index < -0.39 is 10.0 Å². The van der Waals surface area contributed by atoms with Gasteiger partial charge in [-0.3, -0.25) is 0 Å². The number of nitrogens with one attached hydrogen (secondary N) is 1. The highest BCUT2D eigenvalue weighted by molar-refractivity contribution is 7.89. The molecule has 6 nitrogen and oxygen atoms in total. The molecule has 3 N–H and O–H groups in total. The van der Waals surface area contributed by atoms with Crippen LogP contribution in [0, 0.1) is 0 Å². The summed E-state index contributed by atoms with van der Waals surface area (Å²) in [6.07, 6.45) is 6.62. The van der Waals surface area contributed by atoms with Crippen LogP contribution in [0.5, 0.6) is 0 Å². The first-order valence-corrected chi connectivity index (χ1v) is 8.97. The molecule has 120 valence electrons. The van der Waals surface area contributed by atoms with Crippen LogP contribution in [0.15, 0.2) is 17.2 Å². The Hall–Kier alpha value is -0.890. The van der Waals surface area contributed by atoms with Crippen molar-refractivity contribution >= 4 is 10.0 Å². The predicted octanol–water partition coefficient (Wildman–Crippen LogP) is 0.637. The van der Waals surface area contributed by atoms with E-state index in [2.05, 4.69) is 16.7 Å². The monoisotopic (exact) mass is 314 g/mol. The number of likely N-dealkylation sites (N-methyl/N-ethyl adjacent to an activating group) is 1. The van der Waals surface area contributed by atoms with Gasteiger partial charge >= 0.3 is 0 Å². The fourth-order valence-corrected chi connectivity index (χ4v) is 4.01. The molecular formula is C14H26N4O2S. The summed E-state index contributed by atoms with van der Waals surface area (Å²) in [7, 11) is 0.425. The van der Waals surface area contributed by atoms with Crippen molar-refractivity contribution in [2.75, 3.05) is 20.1 Å². The van der Waals surface area contributed by atoms with Gasteiger partial charge in [0.2, 0.25) is 10.0 Å². The van der Waals surface area contributed by atoms with Crippen molar-refractivity contribution in [1.29, 1.82) is 0 Å². The average Bonchev–Trinajstić information content (AvgIpc) is 3.07. The molecule has 1 aromatic rings. The third-order valence-corrected chi connectivity index (χ3v) is 5.73. The lowest BCUT2D eigenvalue weighted by molar-refractivity contribution is 0.250. The van der Waals surface area contributed by atoms with Gasteiger partial charge in [-0.25, -0.2) is 13.1 Å². The molecule has 0 spiro atoms. The number of hydrogen-bond donors (Lipinski definition) is 2. The zero-order chi connectivity index (χ0) is 15.5. The van der Waals surface area contributed by atoms with E-state index in [0.717, 1.165) is 12.2 Å². The highest BCUT2D eigenvalue weighted by atomic mass is 32.2. The second kappa shape index (κ2) is 6.91. The van der Waals surface area contributed by atoms with Gasteiger partial charge in [-0.15, -0.1) is 0 Å². The van der Waals surface area contributed by atoms with Crippen LogP contribution in [0.25, 0.3) is 0 Å². The number of nitrogens with two attached hydrogens (primary N) is 1. The Labute approximate surface area is 127 Å². The number of rotatable bonds is 7. The molecule has 1 saturated carbocycles. The molecule has 0 aliphatic heterocycles. The molecule has 21 heavy (non-hydrogen) atoms. The molecular weight excluding hydrogens is 288 g/mol. The Morgan fingerprint density at radius 2 is 2.10 bits per heavy atom. The van der Waals surface area contributed by atoms with Gasteiger partial charge < -0.3 is 15.2 Å². The number of sulfonamides is 1. The van der Waals surface area contributed by atoms with Crippen LogP contribution >= 0.6 is 0 Å². The third kappa shape index (κ3) is 4.06. The van der Waals surface area contributed by atoms with Crippen LogP contribution in [0.3, 0.4) is 0 Å². The van der Waals surface area contributed by atoms with Gasteiger partial charge in [-0.2, -0.15) is 0 Å². The first-order valence-electron chi connectivity index (χ1n) is 7.49. The normalized spacial score (nSPS) is 17.0. The van der Waals surface area contributed by atoms with Crippen LogP contribution in [-0.4, -0.2) is 44.1 Å². The smallest absolute Gasteiger partial charge is 0.242 e. The van der Waals surface area contributed by atoms with Crippen molar-refractivity contribution in [3.63, 3.8) is 0 Å². The minimum atomic E-state index is -3.44. The lowest BCUT2D eigenvalue weighted by Gasteiger charge is -2.23. The fourth-order valence-electron chi connectivity index (χ4n) is 2.89. The number of aryl methyl sites for hydroxylation is 1.